The van der Waals surface area contributed by atoms with Gasteiger partial charge in [0.25, 0.3) is 0 Å². The second kappa shape index (κ2) is 14.0. The first kappa shape index (κ1) is 30.5. The van der Waals surface area contributed by atoms with E-state index in [-0.39, 0.29) is 0 Å². The Hall–Kier alpha value is -2.97. The van der Waals surface area contributed by atoms with Crippen molar-refractivity contribution in [3.8, 4) is 23.1 Å². The van der Waals surface area contributed by atoms with Crippen LogP contribution in [-0.2, 0) is 40.8 Å². The summed E-state index contributed by atoms with van der Waals surface area (Å²) in [6.45, 7) is 11.3. The summed E-state index contributed by atoms with van der Waals surface area (Å²) in [4.78, 5) is 2.42. The molecule has 0 atom stereocenters. The maximum Gasteiger partial charge on any atom is 0.211 e. The van der Waals surface area contributed by atoms with Crippen molar-refractivity contribution in [1.82, 2.24) is 24.3 Å². The van der Waals surface area contributed by atoms with E-state index in [0.717, 1.165) is 87.0 Å². The summed E-state index contributed by atoms with van der Waals surface area (Å²) in [7, 11) is -3.33. The zero-order valence-corrected chi connectivity index (χ0v) is 25.7. The molecular weight excluding hydrogens is 570 g/mol. The summed E-state index contributed by atoms with van der Waals surface area (Å²) in [5, 5.41) is 8.90. The first-order chi connectivity index (χ1) is 20.3. The Balaban J connectivity index is 1.39. The van der Waals surface area contributed by atoms with Crippen LogP contribution in [0.1, 0.15) is 34.4 Å². The number of aromatic nitrogens is 2. The van der Waals surface area contributed by atoms with Crippen LogP contribution in [0.4, 0.5) is 0 Å². The number of hydrogen-bond acceptors (Lipinski definition) is 6. The van der Waals surface area contributed by atoms with Crippen molar-refractivity contribution in [3.63, 3.8) is 0 Å². The number of benzene rings is 2. The van der Waals surface area contributed by atoms with Crippen LogP contribution >= 0.6 is 11.6 Å². The fraction of sp³-hybridized carbons (Fsp3) is 0.406. The third kappa shape index (κ3) is 7.70. The third-order valence-electron chi connectivity index (χ3n) is 7.67. The molecule has 1 fully saturated rings. The average molecular weight is 608 g/mol. The lowest BCUT2D eigenvalue weighted by Crippen LogP contribution is -2.37. The molecule has 0 saturated carbocycles. The smallest absolute Gasteiger partial charge is 0.211 e. The topological polar surface area (TPSA) is 79.7 Å². The maximum atomic E-state index is 12.4. The van der Waals surface area contributed by atoms with Crippen LogP contribution in [0.5, 0.6) is 0 Å². The van der Waals surface area contributed by atoms with Gasteiger partial charge in [0.15, 0.2) is 0 Å². The van der Waals surface area contributed by atoms with Gasteiger partial charge < -0.3 is 10.1 Å². The summed E-state index contributed by atoms with van der Waals surface area (Å²) >= 11 is 6.57. The van der Waals surface area contributed by atoms with Crippen LogP contribution in [0, 0.1) is 11.8 Å². The second-order valence-electron chi connectivity index (χ2n) is 10.7. The molecule has 1 aromatic heterocycles. The highest BCUT2D eigenvalue weighted by atomic mass is 35.5. The second-order valence-corrected chi connectivity index (χ2v) is 13.1. The Morgan fingerprint density at radius 3 is 2.62 bits per heavy atom. The molecule has 3 aromatic rings. The van der Waals surface area contributed by atoms with Gasteiger partial charge in [-0.05, 0) is 36.2 Å². The highest BCUT2D eigenvalue weighted by Gasteiger charge is 2.30. The number of hydrogen-bond donors (Lipinski definition) is 1. The van der Waals surface area contributed by atoms with Crippen LogP contribution in [0.3, 0.4) is 0 Å². The number of morpholine rings is 1. The molecule has 8 nitrogen and oxygen atoms in total. The lowest BCUT2D eigenvalue weighted by atomic mass is 10.0. The summed E-state index contributed by atoms with van der Waals surface area (Å²) in [5.41, 5.74) is 6.52. The molecule has 2 aliphatic rings. The van der Waals surface area contributed by atoms with E-state index in [2.05, 4.69) is 45.5 Å². The number of nitrogens with zero attached hydrogens (tertiary/aromatic N) is 4. The van der Waals surface area contributed by atoms with Crippen molar-refractivity contribution in [2.24, 2.45) is 0 Å². The van der Waals surface area contributed by atoms with E-state index in [1.807, 2.05) is 36.4 Å². The normalized spacial score (nSPS) is 16.0. The van der Waals surface area contributed by atoms with E-state index in [9.17, 15) is 8.42 Å². The van der Waals surface area contributed by atoms with Gasteiger partial charge >= 0.3 is 0 Å². The molecule has 2 aromatic carbocycles. The van der Waals surface area contributed by atoms with Crippen LogP contribution in [0.2, 0.25) is 5.02 Å². The molecule has 3 heterocycles. The molecule has 1 N–H and O–H groups in total. The lowest BCUT2D eigenvalue weighted by Gasteiger charge is -2.27. The van der Waals surface area contributed by atoms with Crippen molar-refractivity contribution in [1.29, 1.82) is 0 Å². The molecule has 1 saturated heterocycles. The molecule has 0 bridgehead atoms. The molecule has 0 unspecified atom stereocenters. The molecule has 42 heavy (non-hydrogen) atoms. The minimum Gasteiger partial charge on any atom is -0.379 e. The van der Waals surface area contributed by atoms with E-state index in [1.54, 1.807) is 0 Å². The highest BCUT2D eigenvalue weighted by molar-refractivity contribution is 7.88. The van der Waals surface area contributed by atoms with E-state index in [0.29, 0.717) is 30.1 Å². The molecule has 5 rings (SSSR count). The fourth-order valence-corrected chi connectivity index (χ4v) is 6.32. The number of ether oxygens (including phenoxy) is 1. The van der Waals surface area contributed by atoms with E-state index in [4.69, 9.17) is 21.4 Å². The highest BCUT2D eigenvalue weighted by Crippen LogP contribution is 2.33. The van der Waals surface area contributed by atoms with Crippen LogP contribution in [0.25, 0.3) is 11.3 Å². The summed E-state index contributed by atoms with van der Waals surface area (Å²) in [5.74, 6) is 6.46. The molecule has 0 radical (unpaired) electrons. The Morgan fingerprint density at radius 1 is 1.10 bits per heavy atom. The van der Waals surface area contributed by atoms with Crippen molar-refractivity contribution in [2.45, 2.75) is 32.5 Å². The van der Waals surface area contributed by atoms with Crippen LogP contribution in [0.15, 0.2) is 55.1 Å². The molecule has 0 amide bonds. The number of rotatable bonds is 10. The van der Waals surface area contributed by atoms with E-state index >= 15 is 0 Å². The van der Waals surface area contributed by atoms with E-state index in [1.165, 1.54) is 16.1 Å². The number of sulfonamides is 1. The summed E-state index contributed by atoms with van der Waals surface area (Å²) in [6, 6.07) is 13.9. The summed E-state index contributed by atoms with van der Waals surface area (Å²) < 4.78 is 34.0. The van der Waals surface area contributed by atoms with Gasteiger partial charge in [-0.3, -0.25) is 9.58 Å². The van der Waals surface area contributed by atoms with Gasteiger partial charge in [-0.1, -0.05) is 47.7 Å². The largest absolute Gasteiger partial charge is 0.379 e. The molecule has 10 heteroatoms. The van der Waals surface area contributed by atoms with Gasteiger partial charge in [-0.2, -0.15) is 9.40 Å². The minimum absolute atomic E-state index is 0.310. The Morgan fingerprint density at radius 2 is 1.88 bits per heavy atom. The Labute approximate surface area is 254 Å². The monoisotopic (exact) mass is 607 g/mol. The van der Waals surface area contributed by atoms with Crippen molar-refractivity contribution < 1.29 is 13.2 Å². The van der Waals surface area contributed by atoms with Crippen molar-refractivity contribution in [2.75, 3.05) is 52.2 Å². The number of fused-ring (bicyclic) bond motifs is 1. The maximum absolute atomic E-state index is 12.4. The van der Waals surface area contributed by atoms with Gasteiger partial charge in [0.05, 0.1) is 30.2 Å². The molecule has 222 valence electrons. The standard InChI is InChI=1S/C32H38ClN5O3S/c1-3-14-34-23-26-7-5-25(6-8-26)9-10-27-22-28(11-12-30(27)33)32-29-24-37(42(2,39)40)17-13-31(29)38(35-32)16-4-15-36-18-20-41-21-19-36/h3,5-8,11-12,22,34H,1,4,13-21,23-24H2,2H3. The van der Waals surface area contributed by atoms with Gasteiger partial charge in [-0.15, -0.1) is 6.58 Å². The van der Waals surface area contributed by atoms with Gasteiger partial charge in [0, 0.05) is 86.7 Å². The number of nitrogens with one attached hydrogen (secondary N) is 1. The predicted octanol–water partition coefficient (Wildman–Crippen LogP) is 3.92. The Kier molecular flexibility index (Phi) is 10.2. The molecule has 0 spiro atoms. The van der Waals surface area contributed by atoms with Gasteiger partial charge in [0.1, 0.15) is 0 Å². The van der Waals surface area contributed by atoms with Crippen LogP contribution in [-0.4, -0.2) is 79.6 Å². The SMILES string of the molecule is C=CCNCc1ccc(C#Cc2cc(-c3nn(CCCN4CCOCC4)c4c3CN(S(C)(=O)=O)CC4)ccc2Cl)cc1. The van der Waals surface area contributed by atoms with Gasteiger partial charge in [0.2, 0.25) is 10.0 Å². The lowest BCUT2D eigenvalue weighted by molar-refractivity contribution is 0.0368. The zero-order valence-electron chi connectivity index (χ0n) is 24.1. The van der Waals surface area contributed by atoms with Crippen molar-refractivity contribution in [3.05, 3.63) is 88.1 Å². The quantitative estimate of drug-likeness (QED) is 0.214. The third-order valence-corrected chi connectivity index (χ3v) is 9.25. The van der Waals surface area contributed by atoms with Gasteiger partial charge in [-0.25, -0.2) is 8.42 Å². The predicted molar refractivity (Wildman–Crippen MR) is 168 cm³/mol. The molecular formula is C32H38ClN5O3S. The first-order valence-corrected chi connectivity index (χ1v) is 16.6. The van der Waals surface area contributed by atoms with E-state index < -0.39 is 10.0 Å². The minimum atomic E-state index is -3.33. The summed E-state index contributed by atoms with van der Waals surface area (Å²) in [6.07, 6.45) is 4.70. The molecule has 0 aliphatic carbocycles. The van der Waals surface area contributed by atoms with Crippen LogP contribution < -0.4 is 5.32 Å². The number of halogens is 1. The van der Waals surface area contributed by atoms with Crippen molar-refractivity contribution >= 4 is 21.6 Å². The average Bonchev–Trinajstić information content (AvgIpc) is 3.35. The zero-order chi connectivity index (χ0) is 29.5. The Bertz CT molecular complexity index is 1570. The number of aryl methyl sites for hydroxylation is 1. The fourth-order valence-electron chi connectivity index (χ4n) is 5.37. The first-order valence-electron chi connectivity index (χ1n) is 14.4. The molecule has 2 aliphatic heterocycles.